The number of carbonyl (C=O) groups is 4. The number of hydrogen-bond acceptors (Lipinski definition) is 12. The molecule has 0 aliphatic rings. The molecule has 4 aromatic heterocycles. The maximum absolute atomic E-state index is 13.2. The van der Waals surface area contributed by atoms with Gasteiger partial charge in [-0.25, -0.2) is 0 Å². The van der Waals surface area contributed by atoms with E-state index in [0.29, 0.717) is 51.3 Å². The Kier molecular flexibility index (Phi) is 26.9. The van der Waals surface area contributed by atoms with Gasteiger partial charge in [0.15, 0.2) is 17.3 Å². The molecule has 12 aromatic rings. The van der Waals surface area contributed by atoms with Crippen LogP contribution in [0.2, 0.25) is 0 Å². The van der Waals surface area contributed by atoms with Crippen molar-refractivity contribution in [3.8, 4) is 23.0 Å². The molecule has 0 unspecified atom stereocenters. The molecule has 0 amide bonds. The summed E-state index contributed by atoms with van der Waals surface area (Å²) in [4.78, 5) is 49.9. The number of ether oxygens (including phenoxy) is 3. The van der Waals surface area contributed by atoms with Crippen LogP contribution in [0, 0.1) is 27.7 Å². The SMILES string of the molecule is CCCCc1cc2cc(C)ccc2o1.CCCCc1oc2ccc(C)cc2c1C(=O)c1ccc(O)cc1.CCCCc1oc2ccc(C)cc2c1C(=O)c1ccc(OC)cc1.CCCCc1oc2ccc(C)cc2c1C(=O)c1ccc(OCC)cc1.COc1ccc(C(=O)Cl)cc1. The van der Waals surface area contributed by atoms with Crippen molar-refractivity contribution in [1.29, 1.82) is 0 Å². The molecule has 97 heavy (non-hydrogen) atoms. The molecular weight excluding hydrogens is 1240 g/mol. The number of fused-ring (bicyclic) bond motifs is 4. The number of unbranched alkanes of at least 4 members (excludes halogenated alkanes) is 4. The van der Waals surface area contributed by atoms with E-state index < -0.39 is 5.24 Å². The van der Waals surface area contributed by atoms with E-state index in [4.69, 9.17) is 43.5 Å². The van der Waals surface area contributed by atoms with Crippen molar-refractivity contribution in [2.24, 2.45) is 0 Å². The Balaban J connectivity index is 0.000000159. The van der Waals surface area contributed by atoms with Crippen LogP contribution in [0.15, 0.2) is 194 Å². The first-order valence-electron chi connectivity index (χ1n) is 33.6. The highest BCUT2D eigenvalue weighted by Gasteiger charge is 2.25. The van der Waals surface area contributed by atoms with Crippen LogP contribution in [0.3, 0.4) is 0 Å². The minimum Gasteiger partial charge on any atom is -0.508 e. The quantitative estimate of drug-likeness (QED) is 0.0476. The number of ketones is 3. The average molecular weight is 1330 g/mol. The maximum Gasteiger partial charge on any atom is 0.252 e. The van der Waals surface area contributed by atoms with Crippen molar-refractivity contribution in [1.82, 2.24) is 0 Å². The van der Waals surface area contributed by atoms with Crippen molar-refractivity contribution < 1.29 is 56.2 Å². The molecule has 0 aliphatic carbocycles. The van der Waals surface area contributed by atoms with Gasteiger partial charge in [0.25, 0.3) is 5.24 Å². The van der Waals surface area contributed by atoms with Crippen LogP contribution < -0.4 is 14.2 Å². The zero-order chi connectivity index (χ0) is 69.5. The average Bonchev–Trinajstić information content (AvgIpc) is 1.66. The van der Waals surface area contributed by atoms with Gasteiger partial charge in [0.1, 0.15) is 68.4 Å². The zero-order valence-electron chi connectivity index (χ0n) is 57.8. The van der Waals surface area contributed by atoms with Gasteiger partial charge in [-0.15, -0.1) is 0 Å². The fourth-order valence-electron chi connectivity index (χ4n) is 11.1. The highest BCUT2D eigenvalue weighted by Crippen LogP contribution is 2.35. The summed E-state index contributed by atoms with van der Waals surface area (Å²) in [5.74, 6) is 5.81. The van der Waals surface area contributed by atoms with E-state index in [1.807, 2.05) is 119 Å². The lowest BCUT2D eigenvalue weighted by Crippen LogP contribution is -2.04. The minimum absolute atomic E-state index is 0.00751. The Bertz CT molecular complexity index is 4560. The molecule has 4 heterocycles. The Labute approximate surface area is 574 Å². The third-order valence-electron chi connectivity index (χ3n) is 16.4. The summed E-state index contributed by atoms with van der Waals surface area (Å²) >= 11 is 5.22. The van der Waals surface area contributed by atoms with Crippen LogP contribution in [0.4, 0.5) is 0 Å². The van der Waals surface area contributed by atoms with Gasteiger partial charge in [-0.2, -0.15) is 0 Å². The van der Waals surface area contributed by atoms with Gasteiger partial charge in [0.2, 0.25) is 0 Å². The summed E-state index contributed by atoms with van der Waals surface area (Å²) in [6.45, 7) is 19.3. The van der Waals surface area contributed by atoms with Crippen molar-refractivity contribution in [3.63, 3.8) is 0 Å². The summed E-state index contributed by atoms with van der Waals surface area (Å²) < 4.78 is 39.2. The Morgan fingerprint density at radius 2 is 0.711 bits per heavy atom. The number of phenols is 1. The lowest BCUT2D eigenvalue weighted by atomic mass is 9.97. The van der Waals surface area contributed by atoms with Crippen LogP contribution in [0.25, 0.3) is 43.9 Å². The van der Waals surface area contributed by atoms with E-state index in [0.717, 1.165) is 154 Å². The molecule has 13 heteroatoms. The van der Waals surface area contributed by atoms with Gasteiger partial charge in [0, 0.05) is 69.5 Å². The van der Waals surface area contributed by atoms with Crippen molar-refractivity contribution in [2.45, 2.75) is 139 Å². The van der Waals surface area contributed by atoms with E-state index in [9.17, 15) is 24.3 Å². The molecule has 8 aromatic carbocycles. The Hall–Kier alpha value is -9.91. The summed E-state index contributed by atoms with van der Waals surface area (Å²) in [5.41, 5.74) is 12.4. The highest BCUT2D eigenvalue weighted by molar-refractivity contribution is 6.67. The third-order valence-corrected chi connectivity index (χ3v) is 16.6. The standard InChI is InChI=1S/C22H24O3.C21H22O3.C20H20O3.C13H16O.C8H7ClO2/c1-4-6-7-20-21(18-14-15(3)8-13-19(18)25-20)22(23)16-9-11-17(12-10-16)24-5-2;1-4-5-6-19-20(17-13-14(2)7-12-18(17)24-19)21(22)15-8-10-16(23-3)11-9-15;1-3-4-5-18-19(16-12-13(2)6-11-17(16)23-18)20(22)14-7-9-15(21)10-8-14;1-3-4-5-12-9-11-8-10(2)6-7-13(11)14-12;1-11-7-4-2-6(3-5-7)8(9)10/h8-14H,4-7H2,1-3H3;7-13H,4-6H2,1-3H3;6-12,21H,3-5H2,1-2H3;6-9H,3-5H2,1-2H3;2-5H,1H3. The topological polar surface area (TPSA) is 169 Å². The molecule has 12 nitrogen and oxygen atoms in total. The molecule has 12 rings (SSSR count). The first-order chi connectivity index (χ1) is 46.9. The number of rotatable bonds is 23. The third kappa shape index (κ3) is 19.4. The predicted octanol–water partition coefficient (Wildman–Crippen LogP) is 22.2. The molecule has 0 saturated carbocycles. The summed E-state index contributed by atoms with van der Waals surface area (Å²) in [5, 5.41) is 12.9. The van der Waals surface area contributed by atoms with Crippen molar-refractivity contribution >= 4 is 78.1 Å². The van der Waals surface area contributed by atoms with Gasteiger partial charge >= 0.3 is 0 Å². The molecule has 0 saturated heterocycles. The number of aromatic hydroxyl groups is 1. The molecule has 0 radical (unpaired) electrons. The molecule has 0 fully saturated rings. The lowest BCUT2D eigenvalue weighted by molar-refractivity contribution is 0.103. The molecule has 0 aliphatic heterocycles. The summed E-state index contributed by atoms with van der Waals surface area (Å²) in [7, 11) is 3.18. The smallest absolute Gasteiger partial charge is 0.252 e. The van der Waals surface area contributed by atoms with Gasteiger partial charge in [-0.3, -0.25) is 19.2 Å². The molecule has 504 valence electrons. The van der Waals surface area contributed by atoms with Gasteiger partial charge in [-0.1, -0.05) is 99.9 Å². The molecule has 0 bridgehead atoms. The highest BCUT2D eigenvalue weighted by atomic mass is 35.5. The maximum atomic E-state index is 13.2. The number of carbonyl (C=O) groups excluding carboxylic acids is 4. The minimum atomic E-state index is -0.451. The summed E-state index contributed by atoms with van der Waals surface area (Å²) in [6.07, 6.45) is 12.0. The van der Waals surface area contributed by atoms with Gasteiger partial charge in [-0.05, 0) is 224 Å². The van der Waals surface area contributed by atoms with E-state index in [1.54, 1.807) is 62.8 Å². The first-order valence-corrected chi connectivity index (χ1v) is 34.0. The van der Waals surface area contributed by atoms with Crippen LogP contribution in [0.5, 0.6) is 23.0 Å². The van der Waals surface area contributed by atoms with E-state index in [-0.39, 0.29) is 23.1 Å². The first kappa shape index (κ1) is 72.9. The fourth-order valence-corrected chi connectivity index (χ4v) is 11.3. The van der Waals surface area contributed by atoms with Crippen molar-refractivity contribution in [3.05, 3.63) is 260 Å². The fraction of sp³-hybridized carbons (Fsp3) is 0.286. The van der Waals surface area contributed by atoms with Crippen molar-refractivity contribution in [2.75, 3.05) is 20.8 Å². The van der Waals surface area contributed by atoms with Gasteiger partial charge in [0.05, 0.1) is 37.5 Å². The number of halogens is 1. The van der Waals surface area contributed by atoms with Gasteiger partial charge < -0.3 is 37.0 Å². The second kappa shape index (κ2) is 35.7. The molecular formula is C84H89ClO12. The van der Waals surface area contributed by atoms with E-state index in [1.165, 1.54) is 35.9 Å². The number of benzene rings is 8. The number of phenolic OH excluding ortho intramolecular Hbond substituents is 1. The largest absolute Gasteiger partial charge is 0.508 e. The molecule has 0 spiro atoms. The monoisotopic (exact) mass is 1320 g/mol. The van der Waals surface area contributed by atoms with Crippen LogP contribution in [-0.4, -0.2) is 48.5 Å². The number of aryl methyl sites for hydroxylation is 8. The second-order valence-electron chi connectivity index (χ2n) is 24.1. The normalized spacial score (nSPS) is 10.8. The van der Waals surface area contributed by atoms with E-state index in [2.05, 4.69) is 58.9 Å². The van der Waals surface area contributed by atoms with Crippen LogP contribution >= 0.6 is 11.6 Å². The predicted molar refractivity (Wildman–Crippen MR) is 390 cm³/mol. The number of methoxy groups -OCH3 is 2. The number of hydrogen-bond donors (Lipinski definition) is 1. The number of furan rings is 4. The Morgan fingerprint density at radius 3 is 1.06 bits per heavy atom. The van der Waals surface area contributed by atoms with E-state index >= 15 is 0 Å². The Morgan fingerprint density at radius 1 is 0.381 bits per heavy atom. The molecule has 0 atom stereocenters. The zero-order valence-corrected chi connectivity index (χ0v) is 58.5. The lowest BCUT2D eigenvalue weighted by Gasteiger charge is -2.06. The second-order valence-corrected chi connectivity index (χ2v) is 24.4. The van der Waals surface area contributed by atoms with Crippen LogP contribution in [0.1, 0.15) is 189 Å². The molecule has 1 N–H and O–H groups in total. The summed E-state index contributed by atoms with van der Waals surface area (Å²) in [6, 6.07) is 54.0. The van der Waals surface area contributed by atoms with Crippen LogP contribution in [-0.2, 0) is 25.7 Å².